The maximum atomic E-state index is 13.3. The van der Waals surface area contributed by atoms with E-state index in [1.165, 1.54) is 18.3 Å². The molecule has 0 unspecified atom stereocenters. The molecular weight excluding hydrogens is 457 g/mol. The van der Waals surface area contributed by atoms with E-state index in [-0.39, 0.29) is 4.90 Å². The van der Waals surface area contributed by atoms with Gasteiger partial charge in [-0.25, -0.2) is 13.8 Å². The molecule has 3 rings (SSSR count). The van der Waals surface area contributed by atoms with Crippen LogP contribution in [0.5, 0.6) is 0 Å². The lowest BCUT2D eigenvalue weighted by atomic mass is 10.2. The molecule has 0 spiro atoms. The number of aryl methyl sites for hydroxylation is 1. The summed E-state index contributed by atoms with van der Waals surface area (Å²) in [6, 6.07) is 19.8. The Bertz CT molecular complexity index is 1200. The van der Waals surface area contributed by atoms with Crippen molar-refractivity contribution in [2.45, 2.75) is 11.8 Å². The minimum absolute atomic E-state index is 0.0809. The zero-order valence-electron chi connectivity index (χ0n) is 16.5. The fraction of sp³-hybridized carbons (Fsp3) is 0.0909. The first-order chi connectivity index (χ1) is 14.8. The number of sulfonamides is 1. The van der Waals surface area contributed by atoms with Crippen LogP contribution in [-0.2, 0) is 14.8 Å². The van der Waals surface area contributed by atoms with Gasteiger partial charge in [0, 0.05) is 5.56 Å². The molecule has 0 saturated heterocycles. The predicted molar refractivity (Wildman–Crippen MR) is 124 cm³/mol. The maximum Gasteiger partial charge on any atom is 0.264 e. The molecule has 1 N–H and O–H groups in total. The highest BCUT2D eigenvalue weighted by molar-refractivity contribution is 7.92. The molecule has 0 fully saturated rings. The number of para-hydroxylation sites is 1. The number of halogens is 2. The van der Waals surface area contributed by atoms with Crippen LogP contribution in [0.2, 0.25) is 10.0 Å². The van der Waals surface area contributed by atoms with Crippen molar-refractivity contribution in [3.05, 3.63) is 94.0 Å². The fourth-order valence-electron chi connectivity index (χ4n) is 2.83. The van der Waals surface area contributed by atoms with E-state index < -0.39 is 22.5 Å². The molecule has 6 nitrogen and oxygen atoms in total. The fourth-order valence-corrected chi connectivity index (χ4v) is 4.83. The normalized spacial score (nSPS) is 11.5. The Hall–Kier alpha value is -2.87. The van der Waals surface area contributed by atoms with Crippen LogP contribution in [-0.4, -0.2) is 27.1 Å². The molecule has 0 atom stereocenters. The van der Waals surface area contributed by atoms with E-state index in [1.807, 2.05) is 0 Å². The SMILES string of the molecule is Cc1ccccc1N(CC(=O)NN=Cc1c(Cl)cccc1Cl)S(=O)(=O)c1ccccc1. The van der Waals surface area contributed by atoms with Gasteiger partial charge in [0.1, 0.15) is 6.54 Å². The Labute approximate surface area is 191 Å². The van der Waals surface area contributed by atoms with Crippen LogP contribution in [0.3, 0.4) is 0 Å². The number of rotatable bonds is 7. The summed E-state index contributed by atoms with van der Waals surface area (Å²) in [6.07, 6.45) is 1.31. The monoisotopic (exact) mass is 475 g/mol. The van der Waals surface area contributed by atoms with Crippen LogP contribution in [0.15, 0.2) is 82.8 Å². The van der Waals surface area contributed by atoms with Gasteiger partial charge in [0.2, 0.25) is 0 Å². The van der Waals surface area contributed by atoms with Gasteiger partial charge in [0.15, 0.2) is 0 Å². The lowest BCUT2D eigenvalue weighted by Crippen LogP contribution is -2.40. The Morgan fingerprint density at radius 2 is 1.58 bits per heavy atom. The second kappa shape index (κ2) is 9.96. The van der Waals surface area contributed by atoms with Crippen LogP contribution < -0.4 is 9.73 Å². The molecular formula is C22H19Cl2N3O3S. The summed E-state index contributed by atoms with van der Waals surface area (Å²) in [4.78, 5) is 12.7. The number of hydrogen-bond acceptors (Lipinski definition) is 4. The van der Waals surface area contributed by atoms with E-state index in [0.717, 1.165) is 4.31 Å². The molecule has 0 aliphatic heterocycles. The molecule has 0 aliphatic rings. The van der Waals surface area contributed by atoms with E-state index >= 15 is 0 Å². The highest BCUT2D eigenvalue weighted by Crippen LogP contribution is 2.26. The number of benzene rings is 3. The summed E-state index contributed by atoms with van der Waals surface area (Å²) in [5.41, 5.74) is 3.89. The quantitative estimate of drug-likeness (QED) is 0.399. The van der Waals surface area contributed by atoms with Gasteiger partial charge in [0.05, 0.1) is 26.8 Å². The summed E-state index contributed by atoms with van der Waals surface area (Å²) in [6.45, 7) is 1.31. The molecule has 3 aromatic rings. The van der Waals surface area contributed by atoms with Gasteiger partial charge in [-0.15, -0.1) is 0 Å². The largest absolute Gasteiger partial charge is 0.271 e. The van der Waals surface area contributed by atoms with Crippen molar-refractivity contribution < 1.29 is 13.2 Å². The highest BCUT2D eigenvalue weighted by Gasteiger charge is 2.27. The van der Waals surface area contributed by atoms with Crippen molar-refractivity contribution in [2.24, 2.45) is 5.10 Å². The predicted octanol–water partition coefficient (Wildman–Crippen LogP) is 4.65. The second-order valence-corrected chi connectivity index (χ2v) is 9.22. The first-order valence-corrected chi connectivity index (χ1v) is 11.4. The van der Waals surface area contributed by atoms with Crippen LogP contribution >= 0.6 is 23.2 Å². The van der Waals surface area contributed by atoms with Gasteiger partial charge in [0.25, 0.3) is 15.9 Å². The van der Waals surface area contributed by atoms with Crippen LogP contribution in [0.25, 0.3) is 0 Å². The van der Waals surface area contributed by atoms with Crippen molar-refractivity contribution in [1.82, 2.24) is 5.43 Å². The van der Waals surface area contributed by atoms with Crippen LogP contribution in [0.4, 0.5) is 5.69 Å². The molecule has 0 aromatic heterocycles. The molecule has 0 saturated carbocycles. The average Bonchev–Trinajstić information content (AvgIpc) is 2.75. The number of hydrogen-bond donors (Lipinski definition) is 1. The number of nitrogens with zero attached hydrogens (tertiary/aromatic N) is 2. The van der Waals surface area contributed by atoms with Crippen molar-refractivity contribution >= 4 is 51.0 Å². The van der Waals surface area contributed by atoms with Crippen molar-refractivity contribution in [1.29, 1.82) is 0 Å². The van der Waals surface area contributed by atoms with Gasteiger partial charge in [-0.3, -0.25) is 9.10 Å². The van der Waals surface area contributed by atoms with Gasteiger partial charge >= 0.3 is 0 Å². The second-order valence-electron chi connectivity index (χ2n) is 6.54. The van der Waals surface area contributed by atoms with Gasteiger partial charge < -0.3 is 0 Å². The van der Waals surface area contributed by atoms with Gasteiger partial charge in [-0.2, -0.15) is 5.10 Å². The zero-order chi connectivity index (χ0) is 22.4. The molecule has 0 radical (unpaired) electrons. The van der Waals surface area contributed by atoms with Gasteiger partial charge in [-0.1, -0.05) is 65.7 Å². The van der Waals surface area contributed by atoms with Crippen molar-refractivity contribution in [3.8, 4) is 0 Å². The third-order valence-corrected chi connectivity index (χ3v) is 6.82. The lowest BCUT2D eigenvalue weighted by Gasteiger charge is -2.25. The first-order valence-electron chi connectivity index (χ1n) is 9.20. The molecule has 31 heavy (non-hydrogen) atoms. The van der Waals surface area contributed by atoms with Crippen LogP contribution in [0.1, 0.15) is 11.1 Å². The third kappa shape index (κ3) is 5.44. The summed E-state index contributed by atoms with van der Waals surface area (Å²) in [5.74, 6) is -0.623. The number of amides is 1. The minimum atomic E-state index is -3.98. The lowest BCUT2D eigenvalue weighted by molar-refractivity contribution is -0.119. The topological polar surface area (TPSA) is 78.8 Å². The minimum Gasteiger partial charge on any atom is -0.271 e. The van der Waals surface area contributed by atoms with Crippen molar-refractivity contribution in [2.75, 3.05) is 10.8 Å². The third-order valence-electron chi connectivity index (χ3n) is 4.39. The number of nitrogens with one attached hydrogen (secondary N) is 1. The summed E-state index contributed by atoms with van der Waals surface area (Å²) in [7, 11) is -3.98. The molecule has 0 aliphatic carbocycles. The Balaban J connectivity index is 1.86. The number of carbonyl (C=O) groups is 1. The van der Waals surface area contributed by atoms with E-state index in [9.17, 15) is 13.2 Å². The van der Waals surface area contributed by atoms with Gasteiger partial charge in [-0.05, 0) is 42.8 Å². The summed E-state index contributed by atoms with van der Waals surface area (Å²) in [5, 5.41) is 4.62. The number of hydrazone groups is 1. The number of carbonyl (C=O) groups excluding carboxylic acids is 1. The Kier molecular flexibility index (Phi) is 7.33. The molecule has 9 heteroatoms. The van der Waals surface area contributed by atoms with E-state index in [4.69, 9.17) is 23.2 Å². The molecule has 1 amide bonds. The standard InChI is InChI=1S/C22H19Cl2N3O3S/c1-16-8-5-6-13-21(16)27(31(29,30)17-9-3-2-4-10-17)15-22(28)26-25-14-18-19(23)11-7-12-20(18)24/h2-14H,15H2,1H3,(H,26,28). The van der Waals surface area contributed by atoms with Crippen LogP contribution in [0, 0.1) is 6.92 Å². The van der Waals surface area contributed by atoms with E-state index in [1.54, 1.807) is 67.6 Å². The smallest absolute Gasteiger partial charge is 0.264 e. The first kappa shape index (κ1) is 22.8. The average molecular weight is 476 g/mol. The Morgan fingerprint density at radius 3 is 2.23 bits per heavy atom. The molecule has 160 valence electrons. The number of anilines is 1. The molecule has 3 aromatic carbocycles. The maximum absolute atomic E-state index is 13.3. The molecule has 0 bridgehead atoms. The Morgan fingerprint density at radius 1 is 0.968 bits per heavy atom. The summed E-state index contributed by atoms with van der Waals surface area (Å²) < 4.78 is 27.6. The van der Waals surface area contributed by atoms with E-state index in [0.29, 0.717) is 26.9 Å². The highest BCUT2D eigenvalue weighted by atomic mass is 35.5. The zero-order valence-corrected chi connectivity index (χ0v) is 18.8. The van der Waals surface area contributed by atoms with E-state index in [2.05, 4.69) is 10.5 Å². The summed E-state index contributed by atoms with van der Waals surface area (Å²) >= 11 is 12.2. The molecule has 0 heterocycles. The van der Waals surface area contributed by atoms with Crippen molar-refractivity contribution in [3.63, 3.8) is 0 Å².